The normalized spacial score (nSPS) is 11.1. The van der Waals surface area contributed by atoms with E-state index in [0.717, 1.165) is 0 Å². The van der Waals surface area contributed by atoms with Crippen molar-refractivity contribution in [1.29, 1.82) is 0 Å². The molecule has 4 aromatic rings. The Kier molecular flexibility index (Phi) is 5.62. The van der Waals surface area contributed by atoms with Crippen molar-refractivity contribution in [3.63, 3.8) is 0 Å². The number of aromatic nitrogens is 4. The summed E-state index contributed by atoms with van der Waals surface area (Å²) < 4.78 is 15.8. The first-order valence-corrected chi connectivity index (χ1v) is 9.90. The average molecular weight is 460 g/mol. The topological polar surface area (TPSA) is 125 Å². The van der Waals surface area contributed by atoms with Crippen LogP contribution in [0.3, 0.4) is 0 Å². The van der Waals surface area contributed by atoms with Gasteiger partial charge in [0.15, 0.2) is 5.82 Å². The number of rotatable bonds is 5. The Morgan fingerprint density at radius 1 is 1.03 bits per heavy atom. The van der Waals surface area contributed by atoms with E-state index in [9.17, 15) is 9.18 Å². The highest BCUT2D eigenvalue weighted by atomic mass is 35.5. The molecule has 0 spiro atoms. The van der Waals surface area contributed by atoms with Crippen LogP contribution in [-0.2, 0) is 6.42 Å². The van der Waals surface area contributed by atoms with Gasteiger partial charge in [-0.25, -0.2) is 9.37 Å². The first kappa shape index (κ1) is 20.8. The van der Waals surface area contributed by atoms with Gasteiger partial charge in [-0.2, -0.15) is 9.97 Å². The largest absolute Gasteiger partial charge is 0.382 e. The van der Waals surface area contributed by atoms with E-state index in [4.69, 9.17) is 34.7 Å². The molecular formula is C20H16Cl2FN7O. The lowest BCUT2D eigenvalue weighted by molar-refractivity contribution is 0.634. The van der Waals surface area contributed by atoms with Gasteiger partial charge in [0.25, 0.3) is 5.56 Å². The van der Waals surface area contributed by atoms with Gasteiger partial charge >= 0.3 is 0 Å². The monoisotopic (exact) mass is 459 g/mol. The second-order valence-electron chi connectivity index (χ2n) is 6.56. The van der Waals surface area contributed by atoms with Gasteiger partial charge in [0.2, 0.25) is 5.95 Å². The molecule has 0 aliphatic rings. The molecule has 2 aromatic carbocycles. The Morgan fingerprint density at radius 2 is 1.77 bits per heavy atom. The second-order valence-corrected chi connectivity index (χ2v) is 7.35. The number of fused-ring (bicyclic) bond motifs is 1. The quantitative estimate of drug-likeness (QED) is 0.417. The van der Waals surface area contributed by atoms with Gasteiger partial charge in [-0.15, -0.1) is 0 Å². The summed E-state index contributed by atoms with van der Waals surface area (Å²) in [5.41, 5.74) is 11.3. The van der Waals surface area contributed by atoms with Crippen LogP contribution >= 0.6 is 23.2 Å². The molecule has 0 atom stereocenters. The van der Waals surface area contributed by atoms with Gasteiger partial charge in [-0.05, 0) is 24.3 Å². The van der Waals surface area contributed by atoms with Gasteiger partial charge in [-0.3, -0.25) is 9.36 Å². The third-order valence-electron chi connectivity index (χ3n) is 4.54. The molecule has 11 heteroatoms. The van der Waals surface area contributed by atoms with Crippen LogP contribution in [0.2, 0.25) is 10.0 Å². The van der Waals surface area contributed by atoms with Gasteiger partial charge in [0.05, 0.1) is 16.1 Å². The van der Waals surface area contributed by atoms with E-state index in [1.165, 1.54) is 16.7 Å². The molecule has 0 unspecified atom stereocenters. The molecule has 0 amide bonds. The smallest absolute Gasteiger partial charge is 0.267 e. The van der Waals surface area contributed by atoms with Gasteiger partial charge in [-0.1, -0.05) is 41.4 Å². The van der Waals surface area contributed by atoms with Crippen molar-refractivity contribution in [2.75, 3.05) is 23.3 Å². The fraction of sp³-hybridized carbons (Fsp3) is 0.100. The summed E-state index contributed by atoms with van der Waals surface area (Å²) in [6.45, 7) is 0.253. The fourth-order valence-corrected chi connectivity index (χ4v) is 3.55. The lowest BCUT2D eigenvalue weighted by Gasteiger charge is -2.15. The number of nitrogen functional groups attached to an aromatic ring is 2. The predicted octanol–water partition coefficient (Wildman–Crippen LogP) is 3.44. The number of anilines is 3. The minimum atomic E-state index is -0.634. The molecule has 0 bridgehead atoms. The summed E-state index contributed by atoms with van der Waals surface area (Å²) in [4.78, 5) is 25.5. The number of hydrogen-bond donors (Lipinski definition) is 3. The predicted molar refractivity (Wildman–Crippen MR) is 120 cm³/mol. The van der Waals surface area contributed by atoms with Crippen LogP contribution in [0.5, 0.6) is 0 Å². The summed E-state index contributed by atoms with van der Waals surface area (Å²) in [6.07, 6.45) is 0.228. The number of nitrogens with one attached hydrogen (secondary N) is 1. The number of nitrogens with zero attached hydrogens (tertiary/aromatic N) is 4. The maximum absolute atomic E-state index is 14.4. The van der Waals surface area contributed by atoms with Crippen molar-refractivity contribution in [1.82, 2.24) is 19.5 Å². The molecule has 2 aromatic heterocycles. The van der Waals surface area contributed by atoms with E-state index in [2.05, 4.69) is 20.3 Å². The van der Waals surface area contributed by atoms with Crippen LogP contribution in [-0.4, -0.2) is 26.1 Å². The summed E-state index contributed by atoms with van der Waals surface area (Å²) in [7, 11) is 0. The molecule has 0 saturated carbocycles. The zero-order valence-corrected chi connectivity index (χ0v) is 17.5. The summed E-state index contributed by atoms with van der Waals surface area (Å²) in [6, 6.07) is 11.4. The molecule has 0 saturated heterocycles. The number of para-hydroxylation sites is 1. The van der Waals surface area contributed by atoms with Crippen molar-refractivity contribution in [3.8, 4) is 5.69 Å². The molecule has 158 valence electrons. The van der Waals surface area contributed by atoms with Crippen molar-refractivity contribution in [3.05, 3.63) is 74.5 Å². The SMILES string of the molecule is Nc1nc(N)c(Cl)c(NCCc2nc3c(F)ccc(Cl)c3c(=O)n2-c2ccccc2)n1. The summed E-state index contributed by atoms with van der Waals surface area (Å²) in [5.74, 6) is -0.0615. The van der Waals surface area contributed by atoms with Crippen LogP contribution in [0, 0.1) is 5.82 Å². The zero-order valence-electron chi connectivity index (χ0n) is 15.9. The van der Waals surface area contributed by atoms with Crippen molar-refractivity contribution < 1.29 is 4.39 Å². The van der Waals surface area contributed by atoms with E-state index in [1.54, 1.807) is 24.3 Å². The number of hydrogen-bond acceptors (Lipinski definition) is 7. The van der Waals surface area contributed by atoms with Crippen molar-refractivity contribution in [2.45, 2.75) is 6.42 Å². The van der Waals surface area contributed by atoms with E-state index in [0.29, 0.717) is 11.5 Å². The Labute approximate surface area is 185 Å². The summed E-state index contributed by atoms with van der Waals surface area (Å²) in [5, 5.41) is 3.26. The molecule has 0 radical (unpaired) electrons. The molecule has 0 fully saturated rings. The molecule has 31 heavy (non-hydrogen) atoms. The minimum absolute atomic E-state index is 0.0154. The Bertz CT molecular complexity index is 1350. The highest BCUT2D eigenvalue weighted by Gasteiger charge is 2.18. The number of nitrogens with two attached hydrogens (primary N) is 2. The maximum Gasteiger partial charge on any atom is 0.267 e. The van der Waals surface area contributed by atoms with Crippen LogP contribution < -0.4 is 22.3 Å². The summed E-state index contributed by atoms with van der Waals surface area (Å²) >= 11 is 12.3. The zero-order chi connectivity index (χ0) is 22.1. The fourth-order valence-electron chi connectivity index (χ4n) is 3.17. The first-order valence-electron chi connectivity index (χ1n) is 9.14. The molecule has 5 N–H and O–H groups in total. The molecule has 0 aliphatic heterocycles. The van der Waals surface area contributed by atoms with Crippen LogP contribution in [0.25, 0.3) is 16.6 Å². The standard InChI is InChI=1S/C20H16Cl2FN7O/c21-11-6-7-12(23)16-14(11)19(31)30(10-4-2-1-3-5-10)13(27-16)8-9-26-18-15(22)17(24)28-20(25)29-18/h1-7H,8-9H2,(H5,24,25,26,28,29). The second kappa shape index (κ2) is 8.37. The number of benzene rings is 2. The van der Waals surface area contributed by atoms with E-state index < -0.39 is 11.4 Å². The van der Waals surface area contributed by atoms with E-state index >= 15 is 0 Å². The molecule has 2 heterocycles. The Balaban J connectivity index is 1.78. The van der Waals surface area contributed by atoms with E-state index in [1.807, 2.05) is 6.07 Å². The Morgan fingerprint density at radius 3 is 2.52 bits per heavy atom. The lowest BCUT2D eigenvalue weighted by atomic mass is 10.2. The number of halogens is 3. The Hall–Kier alpha value is -3.43. The van der Waals surface area contributed by atoms with Gasteiger partial charge in [0, 0.05) is 13.0 Å². The molecular weight excluding hydrogens is 444 g/mol. The molecule has 4 rings (SSSR count). The highest BCUT2D eigenvalue weighted by molar-refractivity contribution is 6.35. The van der Waals surface area contributed by atoms with Crippen molar-refractivity contribution in [2.24, 2.45) is 0 Å². The molecule has 0 aliphatic carbocycles. The van der Waals surface area contributed by atoms with E-state index in [-0.39, 0.29) is 51.5 Å². The maximum atomic E-state index is 14.4. The van der Waals surface area contributed by atoms with Gasteiger partial charge < -0.3 is 16.8 Å². The van der Waals surface area contributed by atoms with Crippen LogP contribution in [0.4, 0.5) is 22.0 Å². The van der Waals surface area contributed by atoms with Crippen molar-refractivity contribution >= 4 is 51.7 Å². The van der Waals surface area contributed by atoms with Crippen LogP contribution in [0.1, 0.15) is 5.82 Å². The highest BCUT2D eigenvalue weighted by Crippen LogP contribution is 2.26. The van der Waals surface area contributed by atoms with Gasteiger partial charge in [0.1, 0.15) is 28.0 Å². The third kappa shape index (κ3) is 3.97. The third-order valence-corrected chi connectivity index (χ3v) is 5.23. The lowest BCUT2D eigenvalue weighted by Crippen LogP contribution is -2.26. The average Bonchev–Trinajstić information content (AvgIpc) is 2.74. The molecule has 8 nitrogen and oxygen atoms in total. The van der Waals surface area contributed by atoms with Crippen LogP contribution in [0.15, 0.2) is 47.3 Å². The minimum Gasteiger partial charge on any atom is -0.382 e. The first-order chi connectivity index (χ1) is 14.9.